The largest absolute Gasteiger partial charge is 0.495 e. The van der Waals surface area contributed by atoms with E-state index in [2.05, 4.69) is 10.6 Å². The van der Waals surface area contributed by atoms with Crippen LogP contribution in [0.15, 0.2) is 24.3 Å². The second-order valence-electron chi connectivity index (χ2n) is 7.97. The molecule has 172 valence electrons. The van der Waals surface area contributed by atoms with Gasteiger partial charge in [0, 0.05) is 6.54 Å². The second kappa shape index (κ2) is 11.3. The molecule has 2 heterocycles. The zero-order valence-corrected chi connectivity index (χ0v) is 18.2. The van der Waals surface area contributed by atoms with Crippen LogP contribution in [0.1, 0.15) is 32.6 Å². The SMILES string of the molecule is CCCNC(=O)C[C@@H]1CC[C@H]2[C@@H](COC[C@H](O)CN2C(=O)Nc2ccccc2OC)O1. The van der Waals surface area contributed by atoms with Gasteiger partial charge in [0.2, 0.25) is 5.91 Å². The average molecular weight is 436 g/mol. The number of nitrogens with zero attached hydrogens (tertiary/aromatic N) is 1. The van der Waals surface area contributed by atoms with Gasteiger partial charge in [-0.25, -0.2) is 4.79 Å². The van der Waals surface area contributed by atoms with Gasteiger partial charge in [0.25, 0.3) is 0 Å². The van der Waals surface area contributed by atoms with E-state index in [1.54, 1.807) is 24.1 Å². The first-order valence-electron chi connectivity index (χ1n) is 10.9. The van der Waals surface area contributed by atoms with Gasteiger partial charge in [-0.1, -0.05) is 19.1 Å². The number of fused-ring (bicyclic) bond motifs is 1. The fourth-order valence-electron chi connectivity index (χ4n) is 4.05. The number of carbonyl (C=O) groups excluding carboxylic acids is 2. The molecule has 0 aliphatic carbocycles. The van der Waals surface area contributed by atoms with Crippen molar-refractivity contribution in [3.05, 3.63) is 24.3 Å². The highest BCUT2D eigenvalue weighted by molar-refractivity contribution is 5.91. The molecule has 0 unspecified atom stereocenters. The number of urea groups is 1. The Morgan fingerprint density at radius 2 is 2.06 bits per heavy atom. The van der Waals surface area contributed by atoms with Crippen molar-refractivity contribution in [1.29, 1.82) is 0 Å². The van der Waals surface area contributed by atoms with Crippen molar-refractivity contribution in [2.45, 2.75) is 57.0 Å². The Morgan fingerprint density at radius 3 is 2.84 bits per heavy atom. The Labute approximate surface area is 183 Å². The maximum Gasteiger partial charge on any atom is 0.322 e. The second-order valence-corrected chi connectivity index (χ2v) is 7.97. The van der Waals surface area contributed by atoms with Crippen molar-refractivity contribution in [1.82, 2.24) is 10.2 Å². The quantitative estimate of drug-likeness (QED) is 0.628. The number of nitrogens with one attached hydrogen (secondary N) is 2. The van der Waals surface area contributed by atoms with E-state index in [0.29, 0.717) is 37.2 Å². The number of benzene rings is 1. The molecule has 9 nitrogen and oxygen atoms in total. The van der Waals surface area contributed by atoms with Crippen LogP contribution in [-0.2, 0) is 14.3 Å². The third kappa shape index (κ3) is 6.32. The smallest absolute Gasteiger partial charge is 0.322 e. The van der Waals surface area contributed by atoms with E-state index in [4.69, 9.17) is 14.2 Å². The lowest BCUT2D eigenvalue weighted by Gasteiger charge is -2.44. The molecule has 2 aliphatic heterocycles. The number of ether oxygens (including phenoxy) is 3. The fourth-order valence-corrected chi connectivity index (χ4v) is 4.05. The number of amides is 3. The molecule has 1 aromatic carbocycles. The number of hydrogen-bond acceptors (Lipinski definition) is 6. The van der Waals surface area contributed by atoms with Gasteiger partial charge in [-0.05, 0) is 31.4 Å². The van der Waals surface area contributed by atoms with Crippen molar-refractivity contribution in [2.75, 3.05) is 38.7 Å². The summed E-state index contributed by atoms with van der Waals surface area (Å²) in [7, 11) is 1.55. The molecule has 2 fully saturated rings. The first kappa shape index (κ1) is 23.3. The molecule has 0 saturated carbocycles. The number of hydrogen-bond donors (Lipinski definition) is 3. The van der Waals surface area contributed by atoms with E-state index < -0.39 is 6.10 Å². The number of rotatable bonds is 6. The maximum atomic E-state index is 13.2. The monoisotopic (exact) mass is 435 g/mol. The van der Waals surface area contributed by atoms with Crippen LogP contribution in [0.3, 0.4) is 0 Å². The van der Waals surface area contributed by atoms with E-state index in [1.165, 1.54) is 0 Å². The number of aliphatic hydroxyl groups is 1. The van der Waals surface area contributed by atoms with E-state index >= 15 is 0 Å². The summed E-state index contributed by atoms with van der Waals surface area (Å²) in [6.07, 6.45) is 1.11. The summed E-state index contributed by atoms with van der Waals surface area (Å²) in [5.41, 5.74) is 0.557. The minimum absolute atomic E-state index is 0.0294. The van der Waals surface area contributed by atoms with Gasteiger partial charge < -0.3 is 34.9 Å². The van der Waals surface area contributed by atoms with E-state index in [-0.39, 0.29) is 49.9 Å². The van der Waals surface area contributed by atoms with Crippen LogP contribution in [0.5, 0.6) is 5.75 Å². The molecule has 0 radical (unpaired) electrons. The lowest BCUT2D eigenvalue weighted by molar-refractivity contribution is -0.149. The number of carbonyl (C=O) groups is 2. The van der Waals surface area contributed by atoms with Crippen LogP contribution < -0.4 is 15.4 Å². The molecule has 2 saturated heterocycles. The molecule has 4 atom stereocenters. The van der Waals surface area contributed by atoms with Gasteiger partial charge in [0.1, 0.15) is 11.9 Å². The molecule has 9 heteroatoms. The van der Waals surface area contributed by atoms with Gasteiger partial charge in [0.15, 0.2) is 0 Å². The Kier molecular flexibility index (Phi) is 8.51. The highest BCUT2D eigenvalue weighted by Crippen LogP contribution is 2.29. The molecular formula is C22H33N3O6. The Bertz CT molecular complexity index is 746. The van der Waals surface area contributed by atoms with Crippen LogP contribution in [0.25, 0.3) is 0 Å². The number of methoxy groups -OCH3 is 1. The Hall–Kier alpha value is -2.36. The van der Waals surface area contributed by atoms with Gasteiger partial charge in [-0.15, -0.1) is 0 Å². The van der Waals surface area contributed by atoms with Crippen molar-refractivity contribution in [3.8, 4) is 5.75 Å². The highest BCUT2D eigenvalue weighted by atomic mass is 16.5. The van der Waals surface area contributed by atoms with Crippen LogP contribution >= 0.6 is 0 Å². The predicted molar refractivity (Wildman–Crippen MR) is 115 cm³/mol. The molecule has 0 aromatic heterocycles. The molecule has 3 rings (SSSR count). The van der Waals surface area contributed by atoms with Crippen molar-refractivity contribution < 1.29 is 28.9 Å². The van der Waals surface area contributed by atoms with Gasteiger partial charge in [-0.3, -0.25) is 4.79 Å². The van der Waals surface area contributed by atoms with Crippen LogP contribution in [0.4, 0.5) is 10.5 Å². The summed E-state index contributed by atoms with van der Waals surface area (Å²) in [6.45, 7) is 3.16. The predicted octanol–water partition coefficient (Wildman–Crippen LogP) is 1.75. The average Bonchev–Trinajstić information content (AvgIpc) is 2.75. The summed E-state index contributed by atoms with van der Waals surface area (Å²) < 4.78 is 17.1. The highest BCUT2D eigenvalue weighted by Gasteiger charge is 2.40. The third-order valence-electron chi connectivity index (χ3n) is 5.58. The zero-order valence-electron chi connectivity index (χ0n) is 18.2. The van der Waals surface area contributed by atoms with Crippen molar-refractivity contribution in [2.24, 2.45) is 0 Å². The van der Waals surface area contributed by atoms with Gasteiger partial charge in [0.05, 0.1) is 57.2 Å². The topological polar surface area (TPSA) is 109 Å². The van der Waals surface area contributed by atoms with Crippen molar-refractivity contribution in [3.63, 3.8) is 0 Å². The lowest BCUT2D eigenvalue weighted by atomic mass is 9.95. The number of β-amino-alcohol motifs (C(OH)–C–C–N with tert-alkyl or cyclic N) is 1. The molecular weight excluding hydrogens is 402 g/mol. The molecule has 2 aliphatic rings. The first-order valence-corrected chi connectivity index (χ1v) is 10.9. The number of para-hydroxylation sites is 2. The van der Waals surface area contributed by atoms with E-state index in [9.17, 15) is 14.7 Å². The molecule has 3 N–H and O–H groups in total. The summed E-state index contributed by atoms with van der Waals surface area (Å²) in [5, 5.41) is 16.0. The lowest BCUT2D eigenvalue weighted by Crippen LogP contribution is -2.58. The number of aliphatic hydroxyl groups excluding tert-OH is 1. The summed E-state index contributed by atoms with van der Waals surface area (Å²) >= 11 is 0. The molecule has 0 bridgehead atoms. The number of anilines is 1. The Balaban J connectivity index is 1.69. The van der Waals surface area contributed by atoms with Gasteiger partial charge in [-0.2, -0.15) is 0 Å². The van der Waals surface area contributed by atoms with Crippen LogP contribution in [-0.4, -0.2) is 79.7 Å². The zero-order chi connectivity index (χ0) is 22.2. The molecule has 3 amide bonds. The fraction of sp³-hybridized carbons (Fsp3) is 0.636. The third-order valence-corrected chi connectivity index (χ3v) is 5.58. The minimum Gasteiger partial charge on any atom is -0.495 e. The van der Waals surface area contributed by atoms with Gasteiger partial charge >= 0.3 is 6.03 Å². The molecule has 31 heavy (non-hydrogen) atoms. The van der Waals surface area contributed by atoms with Crippen LogP contribution in [0, 0.1) is 0 Å². The molecule has 0 spiro atoms. The van der Waals surface area contributed by atoms with E-state index in [0.717, 1.165) is 6.42 Å². The first-order chi connectivity index (χ1) is 15.0. The standard InChI is InChI=1S/C22H33N3O6/c1-3-10-23-21(27)11-16-8-9-18-20(31-16)14-30-13-15(26)12-25(18)22(28)24-17-6-4-5-7-19(17)29-2/h4-7,15-16,18,20,26H,3,8-14H2,1-2H3,(H,23,27)(H,24,28)/t15-,16+,18+,20-/m1/s1. The maximum absolute atomic E-state index is 13.2. The van der Waals surface area contributed by atoms with Crippen LogP contribution in [0.2, 0.25) is 0 Å². The normalized spacial score (nSPS) is 26.2. The summed E-state index contributed by atoms with van der Waals surface area (Å²) in [4.78, 5) is 26.9. The Morgan fingerprint density at radius 1 is 1.26 bits per heavy atom. The minimum atomic E-state index is -0.790. The summed E-state index contributed by atoms with van der Waals surface area (Å²) in [6, 6.07) is 6.58. The molecule has 1 aromatic rings. The van der Waals surface area contributed by atoms with Crippen molar-refractivity contribution >= 4 is 17.6 Å². The summed E-state index contributed by atoms with van der Waals surface area (Å²) in [5.74, 6) is 0.527. The van der Waals surface area contributed by atoms with E-state index in [1.807, 2.05) is 19.1 Å².